The number of hydrogen-bond acceptors (Lipinski definition) is 2. The average molecular weight is 208 g/mol. The van der Waals surface area contributed by atoms with Crippen LogP contribution in [0.4, 0.5) is 0 Å². The van der Waals surface area contributed by atoms with Gasteiger partial charge in [-0.25, -0.2) is 0 Å². The number of thioether (sulfide) groups is 1. The number of hydrogen-bond donors (Lipinski definition) is 1. The lowest BCUT2D eigenvalue weighted by Crippen LogP contribution is -2.21. The van der Waals surface area contributed by atoms with Gasteiger partial charge >= 0.3 is 0 Å². The van der Waals surface area contributed by atoms with E-state index in [-0.39, 0.29) is 11.4 Å². The van der Waals surface area contributed by atoms with Crippen molar-refractivity contribution < 1.29 is 5.11 Å². The van der Waals surface area contributed by atoms with E-state index in [2.05, 4.69) is 37.8 Å². The molecule has 1 atom stereocenters. The zero-order valence-electron chi connectivity index (χ0n) is 8.66. The molecule has 0 aliphatic heterocycles. The molecule has 0 aliphatic rings. The molecule has 0 radical (unpaired) electrons. The fraction of sp³-hybridized carbons (Fsp3) is 0.333. The molecular weight excluding hydrogens is 192 g/mol. The molecule has 76 valence electrons. The minimum absolute atomic E-state index is 0.106. The van der Waals surface area contributed by atoms with Crippen LogP contribution in [0.5, 0.6) is 0 Å². The molecule has 0 bridgehead atoms. The van der Waals surface area contributed by atoms with Crippen molar-refractivity contribution in [2.24, 2.45) is 0 Å². The molecule has 0 aromatic heterocycles. The van der Waals surface area contributed by atoms with Crippen LogP contribution in [0.1, 0.15) is 12.5 Å². The molecule has 0 fully saturated rings. The van der Waals surface area contributed by atoms with Crippen LogP contribution < -0.4 is 0 Å². The third-order valence-corrected chi connectivity index (χ3v) is 3.39. The lowest BCUT2D eigenvalue weighted by molar-refractivity contribution is 0.276. The summed E-state index contributed by atoms with van der Waals surface area (Å²) in [5, 5.41) is 9.21. The van der Waals surface area contributed by atoms with Crippen molar-refractivity contribution in [1.82, 2.24) is 0 Å². The van der Waals surface area contributed by atoms with Crippen molar-refractivity contribution >= 4 is 11.8 Å². The van der Waals surface area contributed by atoms with Gasteiger partial charge in [-0.05, 0) is 26.0 Å². The first-order valence-corrected chi connectivity index (χ1v) is 5.41. The molecule has 1 rings (SSSR count). The zero-order valence-corrected chi connectivity index (χ0v) is 9.47. The third kappa shape index (κ3) is 2.89. The Bertz CT molecular complexity index is 305. The highest BCUT2D eigenvalue weighted by atomic mass is 32.2. The highest BCUT2D eigenvalue weighted by Gasteiger charge is 2.20. The second-order valence-corrected chi connectivity index (χ2v) is 5.20. The van der Waals surface area contributed by atoms with E-state index in [1.807, 2.05) is 6.92 Å². The van der Waals surface area contributed by atoms with E-state index in [0.29, 0.717) is 0 Å². The summed E-state index contributed by atoms with van der Waals surface area (Å²) in [7, 11) is 0. The van der Waals surface area contributed by atoms with E-state index in [9.17, 15) is 5.11 Å². The van der Waals surface area contributed by atoms with Gasteiger partial charge in [0.15, 0.2) is 0 Å². The first kappa shape index (κ1) is 11.3. The van der Waals surface area contributed by atoms with Gasteiger partial charge in [0.05, 0.1) is 11.4 Å². The molecule has 0 saturated heterocycles. The minimum Gasteiger partial charge on any atom is -0.395 e. The van der Waals surface area contributed by atoms with Crippen LogP contribution in [0, 0.1) is 6.92 Å². The molecule has 1 nitrogen and oxygen atoms in total. The maximum Gasteiger partial charge on any atom is 0.0614 e. The number of rotatable bonds is 4. The van der Waals surface area contributed by atoms with Gasteiger partial charge in [0, 0.05) is 4.90 Å². The van der Waals surface area contributed by atoms with E-state index in [1.54, 1.807) is 17.8 Å². The lowest BCUT2D eigenvalue weighted by Gasteiger charge is -2.21. The first-order valence-electron chi connectivity index (χ1n) is 4.60. The van der Waals surface area contributed by atoms with Gasteiger partial charge in [0.25, 0.3) is 0 Å². The molecule has 1 aromatic rings. The van der Waals surface area contributed by atoms with Gasteiger partial charge in [-0.15, -0.1) is 18.3 Å². The van der Waals surface area contributed by atoms with Crippen molar-refractivity contribution in [2.45, 2.75) is 23.5 Å². The monoisotopic (exact) mass is 208 g/mol. The fourth-order valence-corrected chi connectivity index (χ4v) is 1.97. The SMILES string of the molecule is C=CC(C)(CO)Sc1ccc(C)cc1. The number of benzene rings is 1. The van der Waals surface area contributed by atoms with Gasteiger partial charge in [-0.2, -0.15) is 0 Å². The van der Waals surface area contributed by atoms with E-state index in [4.69, 9.17) is 0 Å². The molecule has 1 aromatic carbocycles. The van der Waals surface area contributed by atoms with Gasteiger partial charge in [-0.1, -0.05) is 23.8 Å². The average Bonchev–Trinajstić information content (AvgIpc) is 2.21. The van der Waals surface area contributed by atoms with Crippen molar-refractivity contribution in [3.8, 4) is 0 Å². The maximum atomic E-state index is 9.21. The fourth-order valence-electron chi connectivity index (χ4n) is 1.01. The van der Waals surface area contributed by atoms with E-state index < -0.39 is 0 Å². The van der Waals surface area contributed by atoms with Crippen LogP contribution >= 0.6 is 11.8 Å². The summed E-state index contributed by atoms with van der Waals surface area (Å²) in [6, 6.07) is 8.28. The Morgan fingerprint density at radius 1 is 1.43 bits per heavy atom. The molecule has 0 heterocycles. The number of aliphatic hydroxyl groups is 1. The molecule has 2 heteroatoms. The van der Waals surface area contributed by atoms with Crippen molar-refractivity contribution in [1.29, 1.82) is 0 Å². The van der Waals surface area contributed by atoms with Gasteiger partial charge in [0.2, 0.25) is 0 Å². The zero-order chi connectivity index (χ0) is 10.6. The van der Waals surface area contributed by atoms with E-state index in [1.165, 1.54) is 5.56 Å². The molecule has 14 heavy (non-hydrogen) atoms. The van der Waals surface area contributed by atoms with Crippen LogP contribution in [0.2, 0.25) is 0 Å². The summed E-state index contributed by atoms with van der Waals surface area (Å²) in [6.45, 7) is 7.88. The topological polar surface area (TPSA) is 20.2 Å². The Balaban J connectivity index is 2.77. The number of aliphatic hydroxyl groups excluding tert-OH is 1. The summed E-state index contributed by atoms with van der Waals surface area (Å²) < 4.78 is -0.282. The molecule has 1 N–H and O–H groups in total. The molecule has 0 aliphatic carbocycles. The van der Waals surface area contributed by atoms with Crippen LogP contribution in [-0.2, 0) is 0 Å². The summed E-state index contributed by atoms with van der Waals surface area (Å²) >= 11 is 1.63. The van der Waals surface area contributed by atoms with Crippen molar-refractivity contribution in [3.63, 3.8) is 0 Å². The molecule has 0 spiro atoms. The normalized spacial score (nSPS) is 14.8. The predicted molar refractivity (Wildman–Crippen MR) is 62.7 cm³/mol. The smallest absolute Gasteiger partial charge is 0.0614 e. The summed E-state index contributed by atoms with van der Waals surface area (Å²) in [5.41, 5.74) is 1.25. The Kier molecular flexibility index (Phi) is 3.78. The predicted octanol–water partition coefficient (Wildman–Crippen LogP) is 3.02. The highest BCUT2D eigenvalue weighted by Crippen LogP contribution is 2.33. The summed E-state index contributed by atoms with van der Waals surface area (Å²) in [4.78, 5) is 1.16. The van der Waals surface area contributed by atoms with E-state index >= 15 is 0 Å². The highest BCUT2D eigenvalue weighted by molar-refractivity contribution is 8.00. The van der Waals surface area contributed by atoms with Gasteiger partial charge < -0.3 is 5.11 Å². The second kappa shape index (κ2) is 4.67. The first-order chi connectivity index (χ1) is 6.59. The van der Waals surface area contributed by atoms with Crippen LogP contribution in [0.25, 0.3) is 0 Å². The Labute approximate surface area is 89.8 Å². The quantitative estimate of drug-likeness (QED) is 0.606. The largest absolute Gasteiger partial charge is 0.395 e. The van der Waals surface area contributed by atoms with Crippen LogP contribution in [0.3, 0.4) is 0 Å². The van der Waals surface area contributed by atoms with Gasteiger partial charge in [-0.3, -0.25) is 0 Å². The maximum absolute atomic E-state index is 9.21. The summed E-state index contributed by atoms with van der Waals surface area (Å²) in [5.74, 6) is 0. The Morgan fingerprint density at radius 2 is 2.00 bits per heavy atom. The van der Waals surface area contributed by atoms with Crippen molar-refractivity contribution in [2.75, 3.05) is 6.61 Å². The Hall–Kier alpha value is -0.730. The number of aryl methyl sites for hydroxylation is 1. The molecule has 1 unspecified atom stereocenters. The summed E-state index contributed by atoms with van der Waals surface area (Å²) in [6.07, 6.45) is 1.79. The van der Waals surface area contributed by atoms with Gasteiger partial charge in [0.1, 0.15) is 0 Å². The molecule has 0 amide bonds. The van der Waals surface area contributed by atoms with Crippen molar-refractivity contribution in [3.05, 3.63) is 42.5 Å². The minimum atomic E-state index is -0.282. The van der Waals surface area contributed by atoms with Crippen LogP contribution in [-0.4, -0.2) is 16.5 Å². The Morgan fingerprint density at radius 3 is 2.43 bits per heavy atom. The standard InChI is InChI=1S/C12H16OS/c1-4-12(3,9-13)14-11-7-5-10(2)6-8-11/h4-8,13H,1,9H2,2-3H3. The molecule has 0 saturated carbocycles. The van der Waals surface area contributed by atoms with Crippen LogP contribution in [0.15, 0.2) is 41.8 Å². The second-order valence-electron chi connectivity index (χ2n) is 3.59. The molecular formula is C12H16OS. The third-order valence-electron chi connectivity index (χ3n) is 2.12. The van der Waals surface area contributed by atoms with E-state index in [0.717, 1.165) is 4.90 Å². The lowest BCUT2D eigenvalue weighted by atomic mass is 10.2.